The Balaban J connectivity index is 3.57. The first kappa shape index (κ1) is 61.9. The van der Waals surface area contributed by atoms with Gasteiger partial charge in [-0.3, -0.25) is 0 Å². The maximum Gasteiger partial charge on any atom is 0.00388 e. The molecule has 0 fully saturated rings. The summed E-state index contributed by atoms with van der Waals surface area (Å²) in [4.78, 5) is 0. The molecule has 4 N–H and O–H groups in total. The first-order valence-electron chi connectivity index (χ1n) is 30.2. The minimum Gasteiger partial charge on any atom is -0.330 e. The van der Waals surface area contributed by atoms with Crippen molar-refractivity contribution in [3.8, 4) is 0 Å². The summed E-state index contributed by atoms with van der Waals surface area (Å²) in [6, 6.07) is 0.438. The van der Waals surface area contributed by atoms with Gasteiger partial charge in [0.05, 0.1) is 0 Å². The zero-order valence-corrected chi connectivity index (χ0v) is 43.9. The summed E-state index contributed by atoms with van der Waals surface area (Å²) in [6.45, 7) is 5.48. The van der Waals surface area contributed by atoms with Crippen molar-refractivity contribution < 1.29 is 0 Å². The number of hydrogen-bond donors (Lipinski definition) is 2. The Hall–Kier alpha value is -0.0800. The fraction of sp³-hybridized carbons (Fsp3) is 1.00. The Morgan fingerprint density at radius 2 is 0.419 bits per heavy atom. The van der Waals surface area contributed by atoms with E-state index in [9.17, 15) is 0 Å². The molecule has 0 amide bonds. The smallest absolute Gasteiger partial charge is 0.00388 e. The lowest BCUT2D eigenvalue weighted by Crippen LogP contribution is -2.20. The molecule has 0 aliphatic rings. The SMILES string of the molecule is CCCCCCCCCCCCCCCCCCCCCCCCCCCCCC(CCCCCCCCCCCCCCCCCCCCCCCCN)CCC(N)CCC. The molecule has 2 unspecified atom stereocenters. The number of hydrogen-bond acceptors (Lipinski definition) is 2. The Labute approximate surface area is 395 Å². The topological polar surface area (TPSA) is 52.0 Å². The van der Waals surface area contributed by atoms with Crippen LogP contribution in [-0.4, -0.2) is 12.6 Å². The molecule has 0 aromatic rings. The summed E-state index contributed by atoms with van der Waals surface area (Å²) in [6.07, 6.45) is 79.8. The quantitative estimate of drug-likeness (QED) is 0.0598. The average Bonchev–Trinajstić information content (AvgIpc) is 3.28. The largest absolute Gasteiger partial charge is 0.330 e. The molecule has 0 rings (SSSR count). The van der Waals surface area contributed by atoms with Crippen molar-refractivity contribution in [1.82, 2.24) is 0 Å². The van der Waals surface area contributed by atoms with Crippen LogP contribution in [-0.2, 0) is 0 Å². The number of rotatable bonds is 57. The molecule has 0 aromatic heterocycles. The van der Waals surface area contributed by atoms with E-state index in [1.54, 1.807) is 0 Å². The Bertz CT molecular complexity index is 751. The van der Waals surface area contributed by atoms with E-state index in [1.807, 2.05) is 0 Å². The average molecular weight is 874 g/mol. The molecular weight excluding hydrogens is 749 g/mol. The highest BCUT2D eigenvalue weighted by Crippen LogP contribution is 2.25. The van der Waals surface area contributed by atoms with Crippen LogP contribution in [0.4, 0.5) is 0 Å². The van der Waals surface area contributed by atoms with Crippen molar-refractivity contribution in [2.24, 2.45) is 17.4 Å². The van der Waals surface area contributed by atoms with Crippen LogP contribution in [0.2, 0.25) is 0 Å². The standard InChI is InChI=1S/C60H124N2/c1-3-5-6-7-8-9-10-11-12-13-14-15-16-17-18-19-20-23-26-29-32-35-38-41-44-47-50-54-59(56-57-60(62)53-4-2)55-51-48-45-42-39-36-33-30-27-24-21-22-25-28-31-34-37-40-43-46-49-52-58-61/h59-60H,3-58,61-62H2,1-2H3. The van der Waals surface area contributed by atoms with Gasteiger partial charge in [-0.2, -0.15) is 0 Å². The van der Waals surface area contributed by atoms with Gasteiger partial charge in [0.2, 0.25) is 0 Å². The van der Waals surface area contributed by atoms with Crippen molar-refractivity contribution in [1.29, 1.82) is 0 Å². The lowest BCUT2D eigenvalue weighted by atomic mass is 9.88. The molecule has 0 bridgehead atoms. The molecule has 2 nitrogen and oxygen atoms in total. The van der Waals surface area contributed by atoms with Gasteiger partial charge in [-0.25, -0.2) is 0 Å². The number of nitrogens with two attached hydrogens (primary N) is 2. The monoisotopic (exact) mass is 873 g/mol. The molecule has 0 aliphatic heterocycles. The summed E-state index contributed by atoms with van der Waals surface area (Å²) >= 11 is 0. The van der Waals surface area contributed by atoms with Gasteiger partial charge in [0.1, 0.15) is 0 Å². The van der Waals surface area contributed by atoms with Gasteiger partial charge < -0.3 is 11.5 Å². The third-order valence-electron chi connectivity index (χ3n) is 14.9. The lowest BCUT2D eigenvalue weighted by Gasteiger charge is -2.19. The van der Waals surface area contributed by atoms with E-state index < -0.39 is 0 Å². The second kappa shape index (κ2) is 57.0. The van der Waals surface area contributed by atoms with Crippen LogP contribution in [0.25, 0.3) is 0 Å². The molecular formula is C60H124N2. The predicted octanol–water partition coefficient (Wildman–Crippen LogP) is 21.4. The van der Waals surface area contributed by atoms with Crippen molar-refractivity contribution >= 4 is 0 Å². The molecule has 2 atom stereocenters. The Kier molecular flexibility index (Phi) is 57.0. The minimum atomic E-state index is 0.438. The third kappa shape index (κ3) is 54.3. The van der Waals surface area contributed by atoms with Gasteiger partial charge in [-0.15, -0.1) is 0 Å². The van der Waals surface area contributed by atoms with Crippen LogP contribution in [0.5, 0.6) is 0 Å². The third-order valence-corrected chi connectivity index (χ3v) is 14.9. The van der Waals surface area contributed by atoms with Gasteiger partial charge in [0.25, 0.3) is 0 Å². The highest BCUT2D eigenvalue weighted by Gasteiger charge is 2.11. The van der Waals surface area contributed by atoms with Gasteiger partial charge in [0.15, 0.2) is 0 Å². The Morgan fingerprint density at radius 1 is 0.210 bits per heavy atom. The predicted molar refractivity (Wildman–Crippen MR) is 286 cm³/mol. The van der Waals surface area contributed by atoms with E-state index in [0.717, 1.165) is 12.5 Å². The Morgan fingerprint density at radius 3 is 0.629 bits per heavy atom. The van der Waals surface area contributed by atoms with Crippen LogP contribution in [0.1, 0.15) is 367 Å². The first-order chi connectivity index (χ1) is 30.7. The summed E-state index contributed by atoms with van der Waals surface area (Å²) in [5.41, 5.74) is 12.1. The van der Waals surface area contributed by atoms with Crippen LogP contribution >= 0.6 is 0 Å². The highest BCUT2D eigenvalue weighted by atomic mass is 14.6. The summed E-state index contributed by atoms with van der Waals surface area (Å²) in [5.74, 6) is 0.934. The highest BCUT2D eigenvalue weighted by molar-refractivity contribution is 4.67. The van der Waals surface area contributed by atoms with Gasteiger partial charge in [-0.1, -0.05) is 341 Å². The van der Waals surface area contributed by atoms with Crippen LogP contribution in [0, 0.1) is 5.92 Å². The zero-order valence-electron chi connectivity index (χ0n) is 43.9. The molecule has 0 saturated carbocycles. The molecule has 0 aliphatic carbocycles. The fourth-order valence-corrected chi connectivity index (χ4v) is 10.4. The minimum absolute atomic E-state index is 0.438. The molecule has 0 heterocycles. The van der Waals surface area contributed by atoms with Gasteiger partial charge in [-0.05, 0) is 38.1 Å². The molecule has 2 heteroatoms. The summed E-state index contributed by atoms with van der Waals surface area (Å²) in [5, 5.41) is 0. The molecule has 0 aromatic carbocycles. The van der Waals surface area contributed by atoms with Crippen LogP contribution in [0.3, 0.4) is 0 Å². The molecule has 0 spiro atoms. The second-order valence-electron chi connectivity index (χ2n) is 21.3. The van der Waals surface area contributed by atoms with Gasteiger partial charge in [0, 0.05) is 6.04 Å². The number of unbranched alkanes of at least 4 members (excludes halogenated alkanes) is 47. The van der Waals surface area contributed by atoms with Crippen molar-refractivity contribution in [2.75, 3.05) is 6.54 Å². The van der Waals surface area contributed by atoms with E-state index in [-0.39, 0.29) is 0 Å². The lowest BCUT2D eigenvalue weighted by molar-refractivity contribution is 0.355. The van der Waals surface area contributed by atoms with E-state index in [4.69, 9.17) is 11.5 Å². The van der Waals surface area contributed by atoms with Crippen LogP contribution in [0.15, 0.2) is 0 Å². The van der Waals surface area contributed by atoms with E-state index in [0.29, 0.717) is 6.04 Å². The maximum atomic E-state index is 6.47. The van der Waals surface area contributed by atoms with Crippen molar-refractivity contribution in [3.63, 3.8) is 0 Å². The normalized spacial score (nSPS) is 12.8. The van der Waals surface area contributed by atoms with Crippen LogP contribution < -0.4 is 11.5 Å². The zero-order chi connectivity index (χ0) is 44.8. The van der Waals surface area contributed by atoms with E-state index in [2.05, 4.69) is 13.8 Å². The molecule has 0 saturated heterocycles. The summed E-state index contributed by atoms with van der Waals surface area (Å²) < 4.78 is 0. The maximum absolute atomic E-state index is 6.47. The fourth-order valence-electron chi connectivity index (χ4n) is 10.4. The van der Waals surface area contributed by atoms with Gasteiger partial charge >= 0.3 is 0 Å². The van der Waals surface area contributed by atoms with Crippen molar-refractivity contribution in [3.05, 3.63) is 0 Å². The molecule has 62 heavy (non-hydrogen) atoms. The van der Waals surface area contributed by atoms with E-state index >= 15 is 0 Å². The van der Waals surface area contributed by atoms with E-state index in [1.165, 1.54) is 353 Å². The molecule has 374 valence electrons. The summed E-state index contributed by atoms with van der Waals surface area (Å²) in [7, 11) is 0. The first-order valence-corrected chi connectivity index (χ1v) is 30.2. The molecule has 0 radical (unpaired) electrons. The van der Waals surface area contributed by atoms with Crippen molar-refractivity contribution in [2.45, 2.75) is 373 Å². The second-order valence-corrected chi connectivity index (χ2v) is 21.3.